The van der Waals surface area contributed by atoms with Gasteiger partial charge in [-0.2, -0.15) is 0 Å². The molecule has 0 atom stereocenters. The molecule has 0 amide bonds. The molecule has 1 aliphatic carbocycles. The minimum absolute atomic E-state index is 0.494. The third-order valence-corrected chi connectivity index (χ3v) is 5.30. The maximum atomic E-state index is 4.66. The molecule has 2 aliphatic rings. The van der Waals surface area contributed by atoms with Gasteiger partial charge in [0.1, 0.15) is 0 Å². The van der Waals surface area contributed by atoms with E-state index in [2.05, 4.69) is 25.2 Å². The molecule has 2 fully saturated rings. The molecule has 1 aliphatic heterocycles. The number of likely N-dealkylation sites (tertiary alicyclic amines) is 1. The molecule has 0 unspecified atom stereocenters. The van der Waals surface area contributed by atoms with Crippen molar-refractivity contribution in [1.29, 1.82) is 0 Å². The molecule has 3 heterocycles. The van der Waals surface area contributed by atoms with Crippen LogP contribution in [0, 0.1) is 0 Å². The molecular weight excluding hydrogens is 298 g/mol. The third-order valence-electron chi connectivity index (χ3n) is 5.30. The Bertz CT molecular complexity index is 646. The van der Waals surface area contributed by atoms with Crippen molar-refractivity contribution in [2.45, 2.75) is 50.6 Å². The summed E-state index contributed by atoms with van der Waals surface area (Å²) in [6, 6.07) is 7.19. The number of hydrogen-bond acceptors (Lipinski definition) is 5. The molecule has 1 N–H and O–H groups in total. The zero-order valence-electron chi connectivity index (χ0n) is 14.1. The monoisotopic (exact) mass is 323 g/mol. The maximum absolute atomic E-state index is 4.66. The van der Waals surface area contributed by atoms with Crippen LogP contribution < -0.4 is 5.32 Å². The second kappa shape index (κ2) is 7.26. The normalized spacial score (nSPS) is 24.8. The number of nitrogens with zero attached hydrogens (tertiary/aromatic N) is 4. The molecule has 1 saturated carbocycles. The highest BCUT2D eigenvalue weighted by Gasteiger charge is 2.27. The molecule has 5 nitrogen and oxygen atoms in total. The number of rotatable bonds is 4. The molecule has 0 aromatic carbocycles. The molecule has 126 valence electrons. The fraction of sp³-hybridized carbons (Fsp3) is 0.526. The first kappa shape index (κ1) is 15.5. The smallest absolute Gasteiger partial charge is 0.223 e. The average Bonchev–Trinajstić information content (AvgIpc) is 3.18. The number of aromatic nitrogens is 3. The van der Waals surface area contributed by atoms with Crippen molar-refractivity contribution in [3.8, 4) is 11.3 Å². The SMILES string of the molecule is c1cncc(-c2ccnc(NC3CCC(N4CCCC4)CC3)n2)c1. The summed E-state index contributed by atoms with van der Waals surface area (Å²) in [4.78, 5) is 15.9. The highest BCUT2D eigenvalue weighted by Crippen LogP contribution is 2.27. The Hall–Kier alpha value is -2.01. The van der Waals surface area contributed by atoms with Gasteiger partial charge in [0, 0.05) is 36.2 Å². The molecule has 0 bridgehead atoms. The van der Waals surface area contributed by atoms with Crippen molar-refractivity contribution in [1.82, 2.24) is 19.9 Å². The van der Waals surface area contributed by atoms with Crippen molar-refractivity contribution in [3.05, 3.63) is 36.8 Å². The minimum Gasteiger partial charge on any atom is -0.351 e. The van der Waals surface area contributed by atoms with Gasteiger partial charge in [-0.1, -0.05) is 0 Å². The van der Waals surface area contributed by atoms with Crippen LogP contribution in [0.1, 0.15) is 38.5 Å². The van der Waals surface area contributed by atoms with E-state index in [0.29, 0.717) is 6.04 Å². The molecule has 5 heteroatoms. The van der Waals surface area contributed by atoms with E-state index >= 15 is 0 Å². The van der Waals surface area contributed by atoms with E-state index in [-0.39, 0.29) is 0 Å². The van der Waals surface area contributed by atoms with Crippen LogP contribution in [-0.4, -0.2) is 45.0 Å². The van der Waals surface area contributed by atoms with Crippen LogP contribution in [0.15, 0.2) is 36.8 Å². The quantitative estimate of drug-likeness (QED) is 0.935. The van der Waals surface area contributed by atoms with Crippen LogP contribution in [0.25, 0.3) is 11.3 Å². The molecule has 0 spiro atoms. The van der Waals surface area contributed by atoms with Gasteiger partial charge in [0.25, 0.3) is 0 Å². The second-order valence-electron chi connectivity index (χ2n) is 6.90. The predicted molar refractivity (Wildman–Crippen MR) is 95.7 cm³/mol. The van der Waals surface area contributed by atoms with Gasteiger partial charge in [0.05, 0.1) is 5.69 Å². The van der Waals surface area contributed by atoms with Crippen LogP contribution in [0.4, 0.5) is 5.95 Å². The van der Waals surface area contributed by atoms with Crippen molar-refractivity contribution in [2.75, 3.05) is 18.4 Å². The Morgan fingerprint density at radius 3 is 2.58 bits per heavy atom. The molecule has 1 saturated heterocycles. The summed E-state index contributed by atoms with van der Waals surface area (Å²) < 4.78 is 0. The van der Waals surface area contributed by atoms with Gasteiger partial charge in [-0.25, -0.2) is 9.97 Å². The number of anilines is 1. The highest BCUT2D eigenvalue weighted by atomic mass is 15.2. The second-order valence-corrected chi connectivity index (χ2v) is 6.90. The maximum Gasteiger partial charge on any atom is 0.223 e. The topological polar surface area (TPSA) is 53.9 Å². The average molecular weight is 323 g/mol. The Morgan fingerprint density at radius 1 is 1.00 bits per heavy atom. The van der Waals surface area contributed by atoms with E-state index in [4.69, 9.17) is 0 Å². The van der Waals surface area contributed by atoms with Crippen molar-refractivity contribution in [2.24, 2.45) is 0 Å². The zero-order chi connectivity index (χ0) is 16.2. The van der Waals surface area contributed by atoms with Crippen LogP contribution >= 0.6 is 0 Å². The fourth-order valence-electron chi connectivity index (χ4n) is 3.98. The van der Waals surface area contributed by atoms with Crippen molar-refractivity contribution in [3.63, 3.8) is 0 Å². The summed E-state index contributed by atoms with van der Waals surface area (Å²) in [5.74, 6) is 0.737. The van der Waals surface area contributed by atoms with Crippen molar-refractivity contribution >= 4 is 5.95 Å². The summed E-state index contributed by atoms with van der Waals surface area (Å²) >= 11 is 0. The lowest BCUT2D eigenvalue weighted by atomic mass is 9.90. The molecule has 2 aromatic rings. The fourth-order valence-corrected chi connectivity index (χ4v) is 3.98. The summed E-state index contributed by atoms with van der Waals surface area (Å²) in [5, 5.41) is 3.54. The van der Waals surface area contributed by atoms with Gasteiger partial charge in [0.15, 0.2) is 0 Å². The van der Waals surface area contributed by atoms with E-state index in [9.17, 15) is 0 Å². The summed E-state index contributed by atoms with van der Waals surface area (Å²) in [6.07, 6.45) is 13.2. The Kier molecular flexibility index (Phi) is 4.69. The Balaban J connectivity index is 1.36. The van der Waals surface area contributed by atoms with Crippen molar-refractivity contribution < 1.29 is 0 Å². The van der Waals surface area contributed by atoms with Gasteiger partial charge < -0.3 is 10.2 Å². The van der Waals surface area contributed by atoms with Crippen LogP contribution in [0.3, 0.4) is 0 Å². The first-order valence-electron chi connectivity index (χ1n) is 9.12. The number of hydrogen-bond donors (Lipinski definition) is 1. The van der Waals surface area contributed by atoms with Gasteiger partial charge in [-0.3, -0.25) is 4.98 Å². The highest BCUT2D eigenvalue weighted by molar-refractivity contribution is 5.58. The summed E-state index contributed by atoms with van der Waals surface area (Å²) in [5.41, 5.74) is 1.95. The lowest BCUT2D eigenvalue weighted by Gasteiger charge is -2.34. The summed E-state index contributed by atoms with van der Waals surface area (Å²) in [7, 11) is 0. The van der Waals surface area contributed by atoms with Crippen LogP contribution in [-0.2, 0) is 0 Å². The first-order valence-corrected chi connectivity index (χ1v) is 9.12. The van der Waals surface area contributed by atoms with E-state index in [1.165, 1.54) is 51.6 Å². The number of nitrogens with one attached hydrogen (secondary N) is 1. The Morgan fingerprint density at radius 2 is 1.83 bits per heavy atom. The standard InChI is InChI=1S/C19H25N5/c1-2-13-24(12-1)17-7-5-16(6-8-17)22-19-21-11-9-18(23-19)15-4-3-10-20-14-15/h3-4,9-11,14,16-17H,1-2,5-8,12-13H2,(H,21,22,23). The van der Waals surface area contributed by atoms with Gasteiger partial charge in [-0.05, 0) is 69.8 Å². The summed E-state index contributed by atoms with van der Waals surface area (Å²) in [6.45, 7) is 2.61. The van der Waals surface area contributed by atoms with Gasteiger partial charge >= 0.3 is 0 Å². The third kappa shape index (κ3) is 3.56. The van der Waals surface area contributed by atoms with Gasteiger partial charge in [0.2, 0.25) is 5.95 Å². The largest absolute Gasteiger partial charge is 0.351 e. The molecule has 0 radical (unpaired) electrons. The van der Waals surface area contributed by atoms with Crippen LogP contribution in [0.2, 0.25) is 0 Å². The van der Waals surface area contributed by atoms with E-state index in [0.717, 1.165) is 23.2 Å². The van der Waals surface area contributed by atoms with E-state index in [1.54, 1.807) is 6.20 Å². The lowest BCUT2D eigenvalue weighted by molar-refractivity contribution is 0.186. The number of pyridine rings is 1. The predicted octanol–water partition coefficient (Wildman–Crippen LogP) is 3.36. The Labute approximate surface area is 143 Å². The van der Waals surface area contributed by atoms with E-state index < -0.39 is 0 Å². The van der Waals surface area contributed by atoms with Crippen LogP contribution in [0.5, 0.6) is 0 Å². The molecule has 2 aromatic heterocycles. The lowest BCUT2D eigenvalue weighted by Crippen LogP contribution is -2.39. The van der Waals surface area contributed by atoms with E-state index in [1.807, 2.05) is 30.6 Å². The zero-order valence-corrected chi connectivity index (χ0v) is 14.1. The molecule has 24 heavy (non-hydrogen) atoms. The van der Waals surface area contributed by atoms with Gasteiger partial charge in [-0.15, -0.1) is 0 Å². The molecular formula is C19H25N5. The first-order chi connectivity index (χ1) is 11.9. The minimum atomic E-state index is 0.494. The molecule has 4 rings (SSSR count).